The molecule has 1 aromatic heterocycles. The number of anilines is 1. The van der Waals surface area contributed by atoms with E-state index in [9.17, 15) is 4.79 Å². The van der Waals surface area contributed by atoms with E-state index >= 15 is 0 Å². The van der Waals surface area contributed by atoms with E-state index in [1.54, 1.807) is 0 Å². The zero-order valence-corrected chi connectivity index (χ0v) is 11.5. The molecule has 0 radical (unpaired) electrons. The average Bonchev–Trinajstić information content (AvgIpc) is 2.41. The Bertz CT molecular complexity index is 437. The van der Waals surface area contributed by atoms with Crippen LogP contribution in [0.25, 0.3) is 0 Å². The van der Waals surface area contributed by atoms with Crippen molar-refractivity contribution in [3.05, 3.63) is 11.3 Å². The third-order valence-corrected chi connectivity index (χ3v) is 4.28. The minimum Gasteiger partial charge on any atom is -0.382 e. The molecule has 18 heavy (non-hydrogen) atoms. The largest absolute Gasteiger partial charge is 0.382 e. The van der Waals surface area contributed by atoms with Crippen molar-refractivity contribution in [1.82, 2.24) is 14.9 Å². The molecule has 0 spiro atoms. The van der Waals surface area contributed by atoms with E-state index in [1.165, 1.54) is 24.5 Å². The zero-order valence-electron chi connectivity index (χ0n) is 9.93. The molecule has 1 aliphatic heterocycles. The summed E-state index contributed by atoms with van der Waals surface area (Å²) in [6, 6.07) is 0. The highest BCUT2D eigenvalue weighted by Crippen LogP contribution is 2.28. The third-order valence-electron chi connectivity index (χ3n) is 2.83. The number of rotatable bonds is 3. The van der Waals surface area contributed by atoms with Crippen molar-refractivity contribution in [2.45, 2.75) is 24.3 Å². The number of thioether (sulfide) groups is 1. The van der Waals surface area contributed by atoms with Gasteiger partial charge in [-0.05, 0) is 19.3 Å². The summed E-state index contributed by atoms with van der Waals surface area (Å²) in [4.78, 5) is 21.7. The van der Waals surface area contributed by atoms with E-state index in [4.69, 9.17) is 17.3 Å². The Morgan fingerprint density at radius 1 is 1.39 bits per heavy atom. The fourth-order valence-corrected chi connectivity index (χ4v) is 2.89. The number of carbonyl (C=O) groups is 1. The molecule has 0 aliphatic carbocycles. The smallest absolute Gasteiger partial charge is 0.232 e. The lowest BCUT2D eigenvalue weighted by Crippen LogP contribution is -2.36. The van der Waals surface area contributed by atoms with Gasteiger partial charge in [-0.2, -0.15) is 0 Å². The summed E-state index contributed by atoms with van der Waals surface area (Å²) in [5, 5.41) is 0.892. The van der Waals surface area contributed by atoms with Crippen LogP contribution in [0.3, 0.4) is 0 Å². The first-order chi connectivity index (χ1) is 8.68. The van der Waals surface area contributed by atoms with Gasteiger partial charge in [-0.15, -0.1) is 0 Å². The topological polar surface area (TPSA) is 72.1 Å². The molecule has 1 amide bonds. The van der Waals surface area contributed by atoms with E-state index in [0.717, 1.165) is 25.9 Å². The lowest BCUT2D eigenvalue weighted by atomic mass is 10.1. The number of aromatic nitrogens is 2. The van der Waals surface area contributed by atoms with Crippen molar-refractivity contribution >= 4 is 35.1 Å². The Labute approximate surface area is 115 Å². The molecule has 2 heterocycles. The highest BCUT2D eigenvalue weighted by molar-refractivity contribution is 8.00. The van der Waals surface area contributed by atoms with Crippen LogP contribution < -0.4 is 5.73 Å². The first kappa shape index (κ1) is 13.4. The van der Waals surface area contributed by atoms with Crippen LogP contribution in [0.2, 0.25) is 5.02 Å². The third kappa shape index (κ3) is 3.26. The maximum Gasteiger partial charge on any atom is 0.232 e. The second-order valence-electron chi connectivity index (χ2n) is 4.11. The van der Waals surface area contributed by atoms with Gasteiger partial charge in [0.05, 0.1) is 5.75 Å². The molecular weight excluding hydrogens is 272 g/mol. The summed E-state index contributed by atoms with van der Waals surface area (Å²) in [5.41, 5.74) is 5.58. The Kier molecular flexibility index (Phi) is 4.66. The molecule has 98 valence electrons. The predicted octanol–water partition coefficient (Wildman–Crippen LogP) is 1.82. The van der Waals surface area contributed by atoms with Gasteiger partial charge in [0.15, 0.2) is 0 Å². The maximum absolute atomic E-state index is 12.0. The minimum atomic E-state index is 0.132. The van der Waals surface area contributed by atoms with Gasteiger partial charge in [-0.3, -0.25) is 4.79 Å². The number of hydrogen-bond donors (Lipinski definition) is 1. The van der Waals surface area contributed by atoms with Gasteiger partial charge in [0.2, 0.25) is 5.91 Å². The first-order valence-electron chi connectivity index (χ1n) is 5.85. The number of likely N-dealkylation sites (tertiary alicyclic amines) is 1. The van der Waals surface area contributed by atoms with Gasteiger partial charge in [-0.1, -0.05) is 23.4 Å². The summed E-state index contributed by atoms with van der Waals surface area (Å²) < 4.78 is 0. The number of halogens is 1. The number of nitrogens with two attached hydrogens (primary N) is 1. The molecule has 1 fully saturated rings. The summed E-state index contributed by atoms with van der Waals surface area (Å²) in [5.74, 6) is 0.725. The van der Waals surface area contributed by atoms with E-state index < -0.39 is 0 Å². The molecule has 0 aromatic carbocycles. The number of carbonyl (C=O) groups excluding carboxylic acids is 1. The monoisotopic (exact) mass is 286 g/mol. The van der Waals surface area contributed by atoms with Crippen molar-refractivity contribution in [2.24, 2.45) is 0 Å². The van der Waals surface area contributed by atoms with Crippen LogP contribution in [-0.2, 0) is 4.79 Å². The van der Waals surface area contributed by atoms with Gasteiger partial charge < -0.3 is 10.6 Å². The van der Waals surface area contributed by atoms with E-state index in [2.05, 4.69) is 9.97 Å². The van der Waals surface area contributed by atoms with Crippen LogP contribution in [0.15, 0.2) is 11.4 Å². The average molecular weight is 287 g/mol. The molecule has 5 nitrogen and oxygen atoms in total. The lowest BCUT2D eigenvalue weighted by Gasteiger charge is -2.26. The van der Waals surface area contributed by atoms with Gasteiger partial charge in [-0.25, -0.2) is 9.97 Å². The van der Waals surface area contributed by atoms with Crippen molar-refractivity contribution < 1.29 is 4.79 Å². The van der Waals surface area contributed by atoms with Crippen molar-refractivity contribution in [3.63, 3.8) is 0 Å². The lowest BCUT2D eigenvalue weighted by molar-refractivity contribution is -0.129. The standard InChI is InChI=1S/C11H15ClN4OS/c12-9-10(13)14-7-15-11(9)18-6-8(17)16-4-2-1-3-5-16/h7H,1-6H2,(H2,13,14,15). The second kappa shape index (κ2) is 6.24. The molecule has 1 saturated heterocycles. The van der Waals surface area contributed by atoms with Gasteiger partial charge in [0, 0.05) is 13.1 Å². The van der Waals surface area contributed by atoms with Gasteiger partial charge >= 0.3 is 0 Å². The number of amides is 1. The molecule has 0 bridgehead atoms. The number of piperidine rings is 1. The maximum atomic E-state index is 12.0. The Balaban J connectivity index is 1.90. The van der Waals surface area contributed by atoms with Crippen LogP contribution in [0, 0.1) is 0 Å². The Morgan fingerprint density at radius 3 is 2.83 bits per heavy atom. The predicted molar refractivity (Wildman–Crippen MR) is 72.6 cm³/mol. The van der Waals surface area contributed by atoms with Crippen molar-refractivity contribution in [3.8, 4) is 0 Å². The number of nitrogen functional groups attached to an aromatic ring is 1. The van der Waals surface area contributed by atoms with Crippen LogP contribution in [0.4, 0.5) is 5.82 Å². The molecular formula is C11H15ClN4OS. The van der Waals surface area contributed by atoms with Crippen LogP contribution in [-0.4, -0.2) is 39.6 Å². The first-order valence-corrected chi connectivity index (χ1v) is 7.21. The Morgan fingerprint density at radius 2 is 2.11 bits per heavy atom. The molecule has 0 unspecified atom stereocenters. The van der Waals surface area contributed by atoms with Crippen molar-refractivity contribution in [2.75, 3.05) is 24.6 Å². The second-order valence-corrected chi connectivity index (χ2v) is 5.45. The molecule has 1 aromatic rings. The van der Waals surface area contributed by atoms with Crippen LogP contribution >= 0.6 is 23.4 Å². The quantitative estimate of drug-likeness (QED) is 0.678. The molecule has 2 rings (SSSR count). The van der Waals surface area contributed by atoms with Crippen LogP contribution in [0.5, 0.6) is 0 Å². The Hall–Kier alpha value is -1.01. The summed E-state index contributed by atoms with van der Waals surface area (Å²) in [6.07, 6.45) is 4.76. The van der Waals surface area contributed by atoms with Crippen molar-refractivity contribution in [1.29, 1.82) is 0 Å². The molecule has 1 aliphatic rings. The highest BCUT2D eigenvalue weighted by Gasteiger charge is 2.17. The highest BCUT2D eigenvalue weighted by atomic mass is 35.5. The van der Waals surface area contributed by atoms with Gasteiger partial charge in [0.1, 0.15) is 22.2 Å². The van der Waals surface area contributed by atoms with Crippen LogP contribution in [0.1, 0.15) is 19.3 Å². The summed E-state index contributed by atoms with van der Waals surface area (Å²) in [6.45, 7) is 1.72. The van der Waals surface area contributed by atoms with E-state index in [0.29, 0.717) is 15.8 Å². The number of nitrogens with zero attached hydrogens (tertiary/aromatic N) is 3. The number of hydrogen-bond acceptors (Lipinski definition) is 5. The normalized spacial score (nSPS) is 15.7. The minimum absolute atomic E-state index is 0.132. The van der Waals surface area contributed by atoms with Gasteiger partial charge in [0.25, 0.3) is 0 Å². The fraction of sp³-hybridized carbons (Fsp3) is 0.545. The summed E-state index contributed by atoms with van der Waals surface area (Å²) in [7, 11) is 0. The summed E-state index contributed by atoms with van der Waals surface area (Å²) >= 11 is 7.28. The zero-order chi connectivity index (χ0) is 13.0. The van der Waals surface area contributed by atoms with E-state index in [-0.39, 0.29) is 11.7 Å². The molecule has 0 atom stereocenters. The van der Waals surface area contributed by atoms with E-state index in [1.807, 2.05) is 4.90 Å². The molecule has 7 heteroatoms. The SMILES string of the molecule is Nc1ncnc(SCC(=O)N2CCCCC2)c1Cl. The molecule has 2 N–H and O–H groups in total. The fourth-order valence-electron chi connectivity index (χ4n) is 1.83. The molecule has 0 saturated carbocycles.